The lowest BCUT2D eigenvalue weighted by Gasteiger charge is -2.14. The molecule has 0 bridgehead atoms. The Labute approximate surface area is 121 Å². The normalized spacial score (nSPS) is 12.4. The molecule has 4 nitrogen and oxygen atoms in total. The average molecular weight is 314 g/mol. The Balaban J connectivity index is 2.30. The van der Waals surface area contributed by atoms with Crippen molar-refractivity contribution < 1.29 is 12.8 Å². The molecule has 0 saturated heterocycles. The number of anilines is 1. The van der Waals surface area contributed by atoms with E-state index >= 15 is 0 Å². The molecule has 0 aliphatic rings. The third-order valence-electron chi connectivity index (χ3n) is 2.62. The first-order chi connectivity index (χ1) is 9.20. The van der Waals surface area contributed by atoms with E-state index in [1.807, 2.05) is 20.8 Å². The van der Waals surface area contributed by atoms with Crippen LogP contribution in [0.15, 0.2) is 34.5 Å². The molecule has 0 atom stereocenters. The predicted molar refractivity (Wildman–Crippen MR) is 78.0 cm³/mol. The van der Waals surface area contributed by atoms with Gasteiger partial charge in [-0.15, -0.1) is 11.3 Å². The summed E-state index contributed by atoms with van der Waals surface area (Å²) < 4.78 is 40.0. The van der Waals surface area contributed by atoms with Gasteiger partial charge in [-0.2, -0.15) is 0 Å². The van der Waals surface area contributed by atoms with Crippen molar-refractivity contribution in [1.29, 1.82) is 0 Å². The summed E-state index contributed by atoms with van der Waals surface area (Å²) in [7, 11) is -3.95. The van der Waals surface area contributed by atoms with E-state index in [-0.39, 0.29) is 15.4 Å². The molecule has 1 aromatic carbocycles. The topological polar surface area (TPSA) is 59.1 Å². The quantitative estimate of drug-likeness (QED) is 0.945. The maximum atomic E-state index is 13.5. The zero-order chi connectivity index (χ0) is 15.0. The van der Waals surface area contributed by atoms with Gasteiger partial charge in [0, 0.05) is 10.8 Å². The van der Waals surface area contributed by atoms with E-state index in [2.05, 4.69) is 9.71 Å². The molecule has 0 amide bonds. The van der Waals surface area contributed by atoms with Crippen molar-refractivity contribution in [2.75, 3.05) is 4.72 Å². The number of nitrogens with one attached hydrogen (secondary N) is 1. The highest BCUT2D eigenvalue weighted by molar-refractivity contribution is 7.93. The highest BCUT2D eigenvalue weighted by Gasteiger charge is 2.22. The predicted octanol–water partition coefficient (Wildman–Crippen LogP) is 3.38. The van der Waals surface area contributed by atoms with Crippen LogP contribution in [0.4, 0.5) is 9.52 Å². The maximum Gasteiger partial charge on any atom is 0.266 e. The third kappa shape index (κ3) is 3.16. The number of halogens is 1. The molecule has 1 aromatic heterocycles. The van der Waals surface area contributed by atoms with Crippen LogP contribution >= 0.6 is 11.3 Å². The van der Waals surface area contributed by atoms with Gasteiger partial charge in [0.1, 0.15) is 10.7 Å². The summed E-state index contributed by atoms with van der Waals surface area (Å²) in [6.07, 6.45) is 0. The molecule has 1 N–H and O–H groups in total. The SMILES string of the molecule is CC(C)(C)c1csc(NS(=O)(=O)c2ccccc2F)n1. The zero-order valence-electron chi connectivity index (χ0n) is 11.3. The molecular weight excluding hydrogens is 299 g/mol. The number of hydrogen-bond donors (Lipinski definition) is 1. The van der Waals surface area contributed by atoms with Gasteiger partial charge in [-0.25, -0.2) is 17.8 Å². The molecule has 0 fully saturated rings. The van der Waals surface area contributed by atoms with Crippen molar-refractivity contribution in [3.8, 4) is 0 Å². The van der Waals surface area contributed by atoms with Crippen LogP contribution < -0.4 is 4.72 Å². The van der Waals surface area contributed by atoms with Crippen LogP contribution in [-0.2, 0) is 15.4 Å². The molecule has 0 aliphatic heterocycles. The lowest BCUT2D eigenvalue weighted by Crippen LogP contribution is -2.15. The average Bonchev–Trinajstić information content (AvgIpc) is 2.76. The van der Waals surface area contributed by atoms with Gasteiger partial charge in [0.05, 0.1) is 5.69 Å². The molecule has 0 radical (unpaired) electrons. The van der Waals surface area contributed by atoms with Gasteiger partial charge in [0.25, 0.3) is 10.0 Å². The fraction of sp³-hybridized carbons (Fsp3) is 0.308. The largest absolute Gasteiger partial charge is 0.266 e. The van der Waals surface area contributed by atoms with Crippen molar-refractivity contribution in [2.24, 2.45) is 0 Å². The molecular formula is C13H15FN2O2S2. The second kappa shape index (κ2) is 5.14. The van der Waals surface area contributed by atoms with Crippen LogP contribution in [0.2, 0.25) is 0 Å². The van der Waals surface area contributed by atoms with Gasteiger partial charge < -0.3 is 0 Å². The summed E-state index contributed by atoms with van der Waals surface area (Å²) >= 11 is 1.18. The maximum absolute atomic E-state index is 13.5. The van der Waals surface area contributed by atoms with E-state index in [1.54, 1.807) is 5.38 Å². The number of sulfonamides is 1. The Morgan fingerprint density at radius 1 is 1.25 bits per heavy atom. The van der Waals surface area contributed by atoms with Crippen LogP contribution in [0.3, 0.4) is 0 Å². The fourth-order valence-corrected chi connectivity index (χ4v) is 3.77. The summed E-state index contributed by atoms with van der Waals surface area (Å²) in [4.78, 5) is 3.85. The number of thiazole rings is 1. The number of benzene rings is 1. The van der Waals surface area contributed by atoms with Gasteiger partial charge in [-0.05, 0) is 12.1 Å². The molecule has 0 aliphatic carbocycles. The standard InChI is InChI=1S/C13H15FN2O2S2/c1-13(2,3)11-8-19-12(15-11)16-20(17,18)10-7-5-4-6-9(10)14/h4-8H,1-3H3,(H,15,16). The highest BCUT2D eigenvalue weighted by Crippen LogP contribution is 2.28. The second-order valence-electron chi connectivity index (χ2n) is 5.32. The molecule has 2 aromatic rings. The summed E-state index contributed by atoms with van der Waals surface area (Å²) in [5, 5.41) is 2.03. The van der Waals surface area contributed by atoms with E-state index in [4.69, 9.17) is 0 Å². The van der Waals surface area contributed by atoms with Crippen LogP contribution in [-0.4, -0.2) is 13.4 Å². The number of nitrogens with zero attached hydrogens (tertiary/aromatic N) is 1. The molecule has 20 heavy (non-hydrogen) atoms. The Morgan fingerprint density at radius 3 is 2.45 bits per heavy atom. The molecule has 0 unspecified atom stereocenters. The zero-order valence-corrected chi connectivity index (χ0v) is 13.0. The van der Waals surface area contributed by atoms with Gasteiger partial charge >= 0.3 is 0 Å². The molecule has 0 spiro atoms. The van der Waals surface area contributed by atoms with Crippen molar-refractivity contribution in [3.63, 3.8) is 0 Å². The van der Waals surface area contributed by atoms with E-state index in [0.29, 0.717) is 0 Å². The van der Waals surface area contributed by atoms with Gasteiger partial charge in [0.2, 0.25) is 0 Å². The second-order valence-corrected chi connectivity index (χ2v) is 7.83. The fourth-order valence-electron chi connectivity index (χ4n) is 1.50. The first-order valence-electron chi connectivity index (χ1n) is 5.93. The van der Waals surface area contributed by atoms with Crippen LogP contribution in [0.1, 0.15) is 26.5 Å². The van der Waals surface area contributed by atoms with Crippen molar-refractivity contribution in [3.05, 3.63) is 41.2 Å². The monoisotopic (exact) mass is 314 g/mol. The molecule has 0 saturated carbocycles. The molecule has 2 rings (SSSR count). The van der Waals surface area contributed by atoms with E-state index < -0.39 is 15.8 Å². The first kappa shape index (κ1) is 14.9. The number of rotatable bonds is 3. The van der Waals surface area contributed by atoms with Crippen LogP contribution in [0.5, 0.6) is 0 Å². The van der Waals surface area contributed by atoms with E-state index in [9.17, 15) is 12.8 Å². The molecule has 7 heteroatoms. The summed E-state index contributed by atoms with van der Waals surface area (Å²) in [5.74, 6) is -0.785. The van der Waals surface area contributed by atoms with Gasteiger partial charge in [0.15, 0.2) is 5.13 Å². The van der Waals surface area contributed by atoms with Crippen molar-refractivity contribution in [2.45, 2.75) is 31.1 Å². The van der Waals surface area contributed by atoms with Crippen LogP contribution in [0.25, 0.3) is 0 Å². The van der Waals surface area contributed by atoms with Gasteiger partial charge in [-0.1, -0.05) is 32.9 Å². The minimum absolute atomic E-state index is 0.168. The summed E-state index contributed by atoms with van der Waals surface area (Å²) in [6, 6.07) is 5.24. The molecule has 108 valence electrons. The highest BCUT2D eigenvalue weighted by atomic mass is 32.2. The summed E-state index contributed by atoms with van der Waals surface area (Å²) in [6.45, 7) is 5.95. The smallest absolute Gasteiger partial charge is 0.255 e. The Morgan fingerprint density at radius 2 is 1.90 bits per heavy atom. The lowest BCUT2D eigenvalue weighted by molar-refractivity contribution is 0.568. The number of hydrogen-bond acceptors (Lipinski definition) is 4. The Hall–Kier alpha value is -1.47. The van der Waals surface area contributed by atoms with E-state index in [1.165, 1.54) is 29.5 Å². The van der Waals surface area contributed by atoms with Crippen molar-refractivity contribution >= 4 is 26.5 Å². The summed E-state index contributed by atoms with van der Waals surface area (Å²) in [5.41, 5.74) is 0.617. The molecule has 1 heterocycles. The van der Waals surface area contributed by atoms with Gasteiger partial charge in [-0.3, -0.25) is 4.72 Å². The Bertz CT molecular complexity index is 718. The lowest BCUT2D eigenvalue weighted by atomic mass is 9.93. The minimum atomic E-state index is -3.95. The first-order valence-corrected chi connectivity index (χ1v) is 8.30. The van der Waals surface area contributed by atoms with E-state index in [0.717, 1.165) is 11.8 Å². The van der Waals surface area contributed by atoms with Crippen LogP contribution in [0, 0.1) is 5.82 Å². The van der Waals surface area contributed by atoms with Crippen molar-refractivity contribution in [1.82, 2.24) is 4.98 Å². The number of aromatic nitrogens is 1. The minimum Gasteiger partial charge on any atom is -0.255 e. The third-order valence-corrected chi connectivity index (χ3v) is 4.88. The Kier molecular flexibility index (Phi) is 3.84.